The number of rotatable bonds is 0. The van der Waals surface area contributed by atoms with E-state index in [1.807, 2.05) is 0 Å². The van der Waals surface area contributed by atoms with E-state index in [4.69, 9.17) is 4.42 Å². The molecule has 38 valence electrons. The van der Waals surface area contributed by atoms with E-state index in [0.717, 1.165) is 10.4 Å². The van der Waals surface area contributed by atoms with Gasteiger partial charge in [-0.25, -0.2) is 4.98 Å². The minimum Gasteiger partial charge on any atom is -0.440 e. The average Bonchev–Trinajstić information content (AvgIpc) is 2.15. The van der Waals surface area contributed by atoms with Gasteiger partial charge in [0.1, 0.15) is 5.52 Å². The molecule has 0 bridgehead atoms. The molecule has 0 aromatic carbocycles. The molecule has 0 saturated carbocycles. The van der Waals surface area contributed by atoms with Crippen LogP contribution in [-0.4, -0.2) is 4.98 Å². The predicted octanol–water partition coefficient (Wildman–Crippen LogP) is 1.49. The maximum Gasteiger partial charge on any atom is 0.209 e. The van der Waals surface area contributed by atoms with Gasteiger partial charge in [-0.05, 0) is 0 Å². The highest BCUT2D eigenvalue weighted by Crippen LogP contribution is 2.15. The molecule has 0 saturated heterocycles. The summed E-state index contributed by atoms with van der Waals surface area (Å²) in [6.07, 6.45) is 2.57. The van der Waals surface area contributed by atoms with Crippen molar-refractivity contribution in [1.29, 1.82) is 0 Å². The van der Waals surface area contributed by atoms with Crippen molar-refractivity contribution in [2.24, 2.45) is 0 Å². The van der Waals surface area contributed by atoms with Crippen LogP contribution in [0.15, 0.2) is 10.5 Å². The molecule has 2 radical (unpaired) electrons. The van der Waals surface area contributed by atoms with E-state index in [9.17, 15) is 0 Å². The normalized spacial score (nSPS) is 10.5. The molecular formula is C5HNOS. The van der Waals surface area contributed by atoms with Crippen LogP contribution >= 0.6 is 11.3 Å². The summed E-state index contributed by atoms with van der Waals surface area (Å²) in [5, 5.41) is 0. The Morgan fingerprint density at radius 2 is 2.75 bits per heavy atom. The lowest BCUT2D eigenvalue weighted by Crippen LogP contribution is -1.50. The molecule has 0 aliphatic heterocycles. The van der Waals surface area contributed by atoms with Gasteiger partial charge >= 0.3 is 0 Å². The fraction of sp³-hybridized carbons (Fsp3) is 0. The fourth-order valence-corrected chi connectivity index (χ4v) is 1.04. The van der Waals surface area contributed by atoms with Gasteiger partial charge in [0.2, 0.25) is 4.90 Å². The number of hydrogen-bond donors (Lipinski definition) is 0. The van der Waals surface area contributed by atoms with Crippen LogP contribution in [0.2, 0.25) is 0 Å². The van der Waals surface area contributed by atoms with E-state index < -0.39 is 0 Å². The molecule has 0 aliphatic rings. The third-order valence-corrected chi connectivity index (χ3v) is 1.52. The van der Waals surface area contributed by atoms with Crippen molar-refractivity contribution < 1.29 is 4.42 Å². The first kappa shape index (κ1) is 4.09. The fourth-order valence-electron chi connectivity index (χ4n) is 0.514. The van der Waals surface area contributed by atoms with E-state index >= 15 is 0 Å². The molecule has 0 aliphatic carbocycles. The van der Waals surface area contributed by atoms with Crippen molar-refractivity contribution in [3.63, 3.8) is 0 Å². The third kappa shape index (κ3) is 0.391. The Labute approximate surface area is 49.8 Å². The molecule has 8 heavy (non-hydrogen) atoms. The number of aromatic nitrogens is 1. The van der Waals surface area contributed by atoms with Crippen molar-refractivity contribution >= 4 is 21.8 Å². The first-order valence-corrected chi connectivity index (χ1v) is 2.91. The topological polar surface area (TPSA) is 26.0 Å². The van der Waals surface area contributed by atoms with Gasteiger partial charge in [0.05, 0.1) is 0 Å². The number of nitrogens with zero attached hydrogens (tertiary/aromatic N) is 1. The first-order chi connectivity index (χ1) is 3.97. The summed E-state index contributed by atoms with van der Waals surface area (Å²) in [7, 11) is 0. The second-order valence-corrected chi connectivity index (χ2v) is 2.10. The zero-order valence-corrected chi connectivity index (χ0v) is 4.66. The summed E-state index contributed by atoms with van der Waals surface area (Å²) < 4.78 is 4.86. The molecule has 2 nitrogen and oxygen atoms in total. The second kappa shape index (κ2) is 1.32. The molecule has 0 N–H and O–H groups in total. The summed E-state index contributed by atoms with van der Waals surface area (Å²) in [6, 6.07) is 1.70. The Morgan fingerprint density at radius 3 is 3.62 bits per heavy atom. The van der Waals surface area contributed by atoms with Gasteiger partial charge in [-0.1, -0.05) is 11.3 Å². The highest BCUT2D eigenvalue weighted by Gasteiger charge is 1.96. The molecular weight excluding hydrogens is 122 g/mol. The Bertz CT molecular complexity index is 234. The van der Waals surface area contributed by atoms with Gasteiger partial charge in [0.25, 0.3) is 0 Å². The molecule has 2 rings (SSSR count). The Morgan fingerprint density at radius 1 is 1.75 bits per heavy atom. The Hall–Kier alpha value is -0.830. The van der Waals surface area contributed by atoms with Crippen molar-refractivity contribution in [3.05, 3.63) is 17.8 Å². The van der Waals surface area contributed by atoms with E-state index in [1.54, 1.807) is 6.07 Å². The molecule has 0 atom stereocenters. The lowest BCUT2D eigenvalue weighted by molar-refractivity contribution is 0.613. The number of furan rings is 1. The molecule has 0 spiro atoms. The second-order valence-electron chi connectivity index (χ2n) is 1.34. The van der Waals surface area contributed by atoms with Crippen LogP contribution in [0, 0.1) is 11.8 Å². The first-order valence-electron chi connectivity index (χ1n) is 2.09. The zero-order chi connectivity index (χ0) is 5.40. The standard InChI is InChI=1S/C5HNOS/c1-2-7-5-4(1)6-3-8-5/h1H. The van der Waals surface area contributed by atoms with Gasteiger partial charge in [0, 0.05) is 6.07 Å². The van der Waals surface area contributed by atoms with Gasteiger partial charge in [-0.2, -0.15) is 0 Å². The molecule has 3 heteroatoms. The monoisotopic (exact) mass is 123 g/mol. The summed E-state index contributed by atoms with van der Waals surface area (Å²) in [6.45, 7) is 0. The van der Waals surface area contributed by atoms with Gasteiger partial charge in [0.15, 0.2) is 11.8 Å². The summed E-state index contributed by atoms with van der Waals surface area (Å²) in [5.41, 5.74) is 3.54. The van der Waals surface area contributed by atoms with Gasteiger partial charge in [-0.15, -0.1) is 0 Å². The van der Waals surface area contributed by atoms with Crippen LogP contribution in [0.3, 0.4) is 0 Å². The third-order valence-electron chi connectivity index (χ3n) is 0.861. The van der Waals surface area contributed by atoms with Crippen LogP contribution in [-0.2, 0) is 0 Å². The number of hydrogen-bond acceptors (Lipinski definition) is 3. The van der Waals surface area contributed by atoms with E-state index in [0.29, 0.717) is 0 Å². The number of fused-ring (bicyclic) bond motifs is 1. The summed E-state index contributed by atoms with van der Waals surface area (Å²) in [5.74, 6) is 0. The summed E-state index contributed by atoms with van der Waals surface area (Å²) in [4.78, 5) is 4.64. The minimum absolute atomic E-state index is 0.796. The Balaban J connectivity index is 3.06. The van der Waals surface area contributed by atoms with Crippen LogP contribution < -0.4 is 0 Å². The highest BCUT2D eigenvalue weighted by molar-refractivity contribution is 7.15. The van der Waals surface area contributed by atoms with E-state index in [-0.39, 0.29) is 0 Å². The molecule has 2 heterocycles. The van der Waals surface area contributed by atoms with E-state index in [1.165, 1.54) is 11.3 Å². The van der Waals surface area contributed by atoms with Crippen LogP contribution in [0.1, 0.15) is 0 Å². The van der Waals surface area contributed by atoms with Crippen LogP contribution in [0.25, 0.3) is 10.4 Å². The average molecular weight is 123 g/mol. The zero-order valence-electron chi connectivity index (χ0n) is 3.84. The van der Waals surface area contributed by atoms with Crippen LogP contribution in [0.5, 0.6) is 0 Å². The lowest BCUT2D eigenvalue weighted by Gasteiger charge is -1.62. The quantitative estimate of drug-likeness (QED) is 0.530. The molecule has 0 fully saturated rings. The van der Waals surface area contributed by atoms with Crippen molar-refractivity contribution in [3.8, 4) is 0 Å². The van der Waals surface area contributed by atoms with Crippen molar-refractivity contribution in [2.75, 3.05) is 0 Å². The molecule has 2 aromatic heterocycles. The SMILES string of the molecule is [c]1cc2n[c]sc2o1. The van der Waals surface area contributed by atoms with Gasteiger partial charge < -0.3 is 4.42 Å². The molecule has 0 unspecified atom stereocenters. The van der Waals surface area contributed by atoms with E-state index in [2.05, 4.69) is 16.8 Å². The number of thiazole rings is 1. The summed E-state index contributed by atoms with van der Waals surface area (Å²) >= 11 is 1.36. The smallest absolute Gasteiger partial charge is 0.209 e. The predicted molar refractivity (Wildman–Crippen MR) is 29.6 cm³/mol. The van der Waals surface area contributed by atoms with Crippen molar-refractivity contribution in [2.45, 2.75) is 0 Å². The Kier molecular flexibility index (Phi) is 0.676. The van der Waals surface area contributed by atoms with Gasteiger partial charge in [-0.3, -0.25) is 0 Å². The highest BCUT2D eigenvalue weighted by atomic mass is 32.1. The van der Waals surface area contributed by atoms with Crippen LogP contribution in [0.4, 0.5) is 0 Å². The maximum absolute atomic E-state index is 4.86. The largest absolute Gasteiger partial charge is 0.440 e. The lowest BCUT2D eigenvalue weighted by atomic mass is 10.6. The molecule has 2 aromatic rings. The minimum atomic E-state index is 0.796. The molecule has 0 amide bonds. The van der Waals surface area contributed by atoms with Crippen molar-refractivity contribution in [1.82, 2.24) is 4.98 Å². The maximum atomic E-state index is 4.86.